The molecule has 57 heavy (non-hydrogen) atoms. The standard InChI is InChI=1S/C51H36N4S2/c1-3-14-31(15-4-1)49-52-50(32-16-5-2-6-17-32)54-51(53-49)40-24-12-23-39-38-22-11-21-37(47(38)57-48(39)40)36-20-13-27-45-46(36)41-30-33(28-29-44(41)56-45)55-42-25-9-7-18-34(42)35-19-8-10-26-43(35)55/h1-30,34,42,49,51,53H,(H,52,54). The van der Waals surface area contributed by atoms with Crippen molar-refractivity contribution in [1.82, 2.24) is 10.6 Å². The molecule has 2 N–H and O–H groups in total. The van der Waals surface area contributed by atoms with E-state index in [9.17, 15) is 0 Å². The van der Waals surface area contributed by atoms with Crippen LogP contribution in [0.25, 0.3) is 51.5 Å². The molecule has 4 atom stereocenters. The highest BCUT2D eigenvalue weighted by Crippen LogP contribution is 2.50. The number of hydrogen-bond donors (Lipinski definition) is 2. The normalized spacial score (nSPS) is 19.9. The lowest BCUT2D eigenvalue weighted by Crippen LogP contribution is -2.44. The molecule has 1 aliphatic carbocycles. The highest BCUT2D eigenvalue weighted by atomic mass is 32.1. The molecular weight excluding hydrogens is 733 g/mol. The van der Waals surface area contributed by atoms with E-state index in [2.05, 4.69) is 198 Å². The Bertz CT molecular complexity index is 3120. The Hall–Kier alpha value is -6.31. The number of hydrogen-bond acceptors (Lipinski definition) is 6. The average Bonchev–Trinajstić information content (AvgIpc) is 3.96. The van der Waals surface area contributed by atoms with E-state index in [4.69, 9.17) is 4.99 Å². The van der Waals surface area contributed by atoms with Gasteiger partial charge in [0.2, 0.25) is 0 Å². The zero-order valence-electron chi connectivity index (χ0n) is 30.8. The van der Waals surface area contributed by atoms with Crippen LogP contribution in [0.2, 0.25) is 0 Å². The molecule has 6 heteroatoms. The van der Waals surface area contributed by atoms with E-state index in [1.165, 1.54) is 79.5 Å². The quantitative estimate of drug-likeness (QED) is 0.183. The summed E-state index contributed by atoms with van der Waals surface area (Å²) in [5, 5.41) is 12.7. The fraction of sp³-hybridized carbons (Fsp3) is 0.0784. The van der Waals surface area contributed by atoms with Crippen LogP contribution in [0.1, 0.15) is 40.5 Å². The zero-order valence-corrected chi connectivity index (χ0v) is 32.5. The molecule has 0 bridgehead atoms. The van der Waals surface area contributed by atoms with Gasteiger partial charge in [0.05, 0.1) is 6.04 Å². The molecule has 272 valence electrons. The molecule has 0 saturated heterocycles. The fourth-order valence-corrected chi connectivity index (χ4v) is 11.8. The molecule has 2 aromatic heterocycles. The van der Waals surface area contributed by atoms with Gasteiger partial charge in [-0.25, -0.2) is 4.99 Å². The summed E-state index contributed by atoms with van der Waals surface area (Å²) in [6, 6.07) is 57.8. The van der Waals surface area contributed by atoms with Crippen molar-refractivity contribution in [3.8, 4) is 11.1 Å². The minimum Gasteiger partial charge on any atom is -0.350 e. The van der Waals surface area contributed by atoms with E-state index in [0.29, 0.717) is 5.92 Å². The molecule has 12 rings (SSSR count). The van der Waals surface area contributed by atoms with Gasteiger partial charge < -0.3 is 10.2 Å². The minimum absolute atomic E-state index is 0.0935. The van der Waals surface area contributed by atoms with E-state index < -0.39 is 0 Å². The van der Waals surface area contributed by atoms with Gasteiger partial charge in [-0.15, -0.1) is 22.7 Å². The molecular formula is C51H36N4S2. The van der Waals surface area contributed by atoms with Crippen LogP contribution in [0.3, 0.4) is 0 Å². The Balaban J connectivity index is 1.01. The molecule has 0 saturated carbocycles. The summed E-state index contributed by atoms with van der Waals surface area (Å²) in [4.78, 5) is 7.88. The number of benzene rings is 7. The van der Waals surface area contributed by atoms with E-state index in [0.717, 1.165) is 11.4 Å². The lowest BCUT2D eigenvalue weighted by molar-refractivity contribution is 0.411. The second-order valence-electron chi connectivity index (χ2n) is 15.1. The van der Waals surface area contributed by atoms with Crippen LogP contribution in [0.15, 0.2) is 187 Å². The SMILES string of the molecule is C1=CC2c3ccccc3N(c3ccc4sc5cccc(-c6cccc7c6sc6c(C8N=C(c9ccccc9)NC(c9ccccc9)N8)cccc67)c5c4c3)C2C=C1. The smallest absolute Gasteiger partial charge is 0.131 e. The van der Waals surface area contributed by atoms with Crippen LogP contribution < -0.4 is 15.5 Å². The van der Waals surface area contributed by atoms with Gasteiger partial charge in [0.15, 0.2) is 0 Å². The van der Waals surface area contributed by atoms with Gasteiger partial charge in [0.25, 0.3) is 0 Å². The number of amidine groups is 1. The van der Waals surface area contributed by atoms with Crippen LogP contribution >= 0.6 is 22.7 Å². The number of thiophene rings is 2. The van der Waals surface area contributed by atoms with Crippen molar-refractivity contribution in [2.24, 2.45) is 4.99 Å². The van der Waals surface area contributed by atoms with Crippen molar-refractivity contribution in [1.29, 1.82) is 0 Å². The van der Waals surface area contributed by atoms with E-state index >= 15 is 0 Å². The first-order chi connectivity index (χ1) is 28.3. The first-order valence-corrected chi connectivity index (χ1v) is 21.2. The van der Waals surface area contributed by atoms with Crippen molar-refractivity contribution < 1.29 is 0 Å². The van der Waals surface area contributed by atoms with Gasteiger partial charge >= 0.3 is 0 Å². The largest absolute Gasteiger partial charge is 0.350 e. The summed E-state index contributed by atoms with van der Waals surface area (Å²) >= 11 is 3.78. The summed E-state index contributed by atoms with van der Waals surface area (Å²) in [7, 11) is 0. The number of nitrogens with zero attached hydrogens (tertiary/aromatic N) is 2. The lowest BCUT2D eigenvalue weighted by atomic mass is 9.91. The Labute approximate surface area is 338 Å². The summed E-state index contributed by atoms with van der Waals surface area (Å²) < 4.78 is 5.20. The first kappa shape index (κ1) is 32.9. The molecule has 9 aromatic rings. The highest BCUT2D eigenvalue weighted by Gasteiger charge is 2.37. The maximum absolute atomic E-state index is 5.34. The Morgan fingerprint density at radius 3 is 2.19 bits per heavy atom. The van der Waals surface area contributed by atoms with Gasteiger partial charge in [-0.05, 0) is 47.0 Å². The van der Waals surface area contributed by atoms with Gasteiger partial charge in [-0.3, -0.25) is 5.32 Å². The molecule has 0 radical (unpaired) electrons. The van der Waals surface area contributed by atoms with Gasteiger partial charge in [-0.2, -0.15) is 0 Å². The number of rotatable bonds is 5. The number of fused-ring (bicyclic) bond motifs is 9. The second kappa shape index (κ2) is 13.1. The third-order valence-electron chi connectivity index (χ3n) is 11.9. The third kappa shape index (κ3) is 5.25. The van der Waals surface area contributed by atoms with E-state index in [-0.39, 0.29) is 18.4 Å². The van der Waals surface area contributed by atoms with E-state index in [1.807, 2.05) is 22.7 Å². The first-order valence-electron chi connectivity index (χ1n) is 19.6. The average molecular weight is 769 g/mol. The molecule has 7 aromatic carbocycles. The lowest BCUT2D eigenvalue weighted by Gasteiger charge is -2.32. The number of aliphatic imine (C=N–C) groups is 1. The van der Waals surface area contributed by atoms with Crippen LogP contribution in [-0.4, -0.2) is 11.9 Å². The van der Waals surface area contributed by atoms with Crippen molar-refractivity contribution in [2.75, 3.05) is 4.90 Å². The molecule has 4 nitrogen and oxygen atoms in total. The monoisotopic (exact) mass is 768 g/mol. The Kier molecular flexibility index (Phi) is 7.58. The van der Waals surface area contributed by atoms with Crippen LogP contribution in [0.5, 0.6) is 0 Å². The fourth-order valence-electron chi connectivity index (χ4n) is 9.33. The van der Waals surface area contributed by atoms with Crippen LogP contribution in [-0.2, 0) is 0 Å². The van der Waals surface area contributed by atoms with Crippen molar-refractivity contribution >= 4 is 80.2 Å². The second-order valence-corrected chi connectivity index (χ2v) is 17.2. The maximum Gasteiger partial charge on any atom is 0.131 e. The molecule has 4 unspecified atom stereocenters. The minimum atomic E-state index is -0.237. The van der Waals surface area contributed by atoms with Gasteiger partial charge in [0.1, 0.15) is 18.2 Å². The maximum atomic E-state index is 5.34. The number of para-hydroxylation sites is 1. The predicted octanol–water partition coefficient (Wildman–Crippen LogP) is 13.2. The predicted molar refractivity (Wildman–Crippen MR) is 242 cm³/mol. The highest BCUT2D eigenvalue weighted by molar-refractivity contribution is 7.27. The summed E-state index contributed by atoms with van der Waals surface area (Å²) in [5.74, 6) is 1.25. The third-order valence-corrected chi connectivity index (χ3v) is 14.3. The topological polar surface area (TPSA) is 39.7 Å². The Morgan fingerprint density at radius 1 is 0.561 bits per heavy atom. The molecule has 2 aliphatic heterocycles. The summed E-state index contributed by atoms with van der Waals surface area (Å²) in [5.41, 5.74) is 9.93. The molecule has 3 aliphatic rings. The number of anilines is 2. The van der Waals surface area contributed by atoms with Gasteiger partial charge in [-0.1, -0.05) is 152 Å². The van der Waals surface area contributed by atoms with Gasteiger partial charge in [0, 0.05) is 74.3 Å². The number of allylic oxidation sites excluding steroid dienone is 2. The van der Waals surface area contributed by atoms with E-state index in [1.54, 1.807) is 0 Å². The van der Waals surface area contributed by atoms with Crippen molar-refractivity contribution in [3.63, 3.8) is 0 Å². The van der Waals surface area contributed by atoms with Crippen LogP contribution in [0, 0.1) is 0 Å². The summed E-state index contributed by atoms with van der Waals surface area (Å²) in [6.45, 7) is 0. The van der Waals surface area contributed by atoms with Crippen molar-refractivity contribution in [3.05, 3.63) is 204 Å². The zero-order chi connectivity index (χ0) is 37.5. The number of nitrogens with one attached hydrogen (secondary N) is 2. The molecule has 0 spiro atoms. The summed E-state index contributed by atoms with van der Waals surface area (Å²) in [6.07, 6.45) is 8.78. The Morgan fingerprint density at radius 2 is 1.30 bits per heavy atom. The molecule has 0 fully saturated rings. The van der Waals surface area contributed by atoms with Crippen molar-refractivity contribution in [2.45, 2.75) is 24.3 Å². The molecule has 0 amide bonds. The molecule has 4 heterocycles. The van der Waals surface area contributed by atoms with Crippen LogP contribution in [0.4, 0.5) is 11.4 Å².